The first kappa shape index (κ1) is 15.2. The maximum Gasteiger partial charge on any atom is 0.216 e. The molecule has 112 valence electrons. The molecule has 5 nitrogen and oxygen atoms in total. The Balaban J connectivity index is 2.02. The number of amides is 1. The van der Waals surface area contributed by atoms with E-state index in [-0.39, 0.29) is 5.91 Å². The van der Waals surface area contributed by atoms with E-state index < -0.39 is 0 Å². The molecule has 0 bridgehead atoms. The van der Waals surface area contributed by atoms with Gasteiger partial charge in [-0.05, 0) is 30.9 Å². The highest BCUT2D eigenvalue weighted by molar-refractivity contribution is 5.72. The Hall–Kier alpha value is -2.22. The molecule has 21 heavy (non-hydrogen) atoms. The van der Waals surface area contributed by atoms with Crippen molar-refractivity contribution < 1.29 is 9.53 Å². The van der Waals surface area contributed by atoms with E-state index in [2.05, 4.69) is 16.3 Å². The molecule has 1 aromatic carbocycles. The van der Waals surface area contributed by atoms with Crippen molar-refractivity contribution in [3.63, 3.8) is 0 Å². The van der Waals surface area contributed by atoms with Crippen LogP contribution in [0.3, 0.4) is 0 Å². The van der Waals surface area contributed by atoms with Gasteiger partial charge < -0.3 is 15.0 Å². The van der Waals surface area contributed by atoms with Gasteiger partial charge in [0.05, 0.1) is 18.4 Å². The number of hydrogen-bond donors (Lipinski definition) is 1. The van der Waals surface area contributed by atoms with Crippen LogP contribution in [-0.2, 0) is 4.79 Å². The first-order chi connectivity index (χ1) is 10.1. The molecular formula is C16H21N3O2. The van der Waals surface area contributed by atoms with Gasteiger partial charge in [0.25, 0.3) is 0 Å². The molecule has 1 saturated heterocycles. The highest BCUT2D eigenvalue weighted by Gasteiger charge is 2.21. The van der Waals surface area contributed by atoms with Gasteiger partial charge in [-0.3, -0.25) is 4.79 Å². The molecule has 0 atom stereocenters. The molecule has 1 aliphatic heterocycles. The van der Waals surface area contributed by atoms with Crippen LogP contribution in [0, 0.1) is 17.2 Å². The van der Waals surface area contributed by atoms with E-state index in [1.807, 2.05) is 12.1 Å². The van der Waals surface area contributed by atoms with Crippen LogP contribution < -0.4 is 15.0 Å². The Kier molecular flexibility index (Phi) is 5.04. The van der Waals surface area contributed by atoms with Crippen LogP contribution in [0.2, 0.25) is 0 Å². The van der Waals surface area contributed by atoms with Gasteiger partial charge >= 0.3 is 0 Å². The molecule has 1 amide bonds. The molecule has 0 saturated carbocycles. The van der Waals surface area contributed by atoms with Gasteiger partial charge in [0.2, 0.25) is 5.91 Å². The summed E-state index contributed by atoms with van der Waals surface area (Å²) in [5.74, 6) is 1.31. The summed E-state index contributed by atoms with van der Waals surface area (Å²) < 4.78 is 5.25. The fourth-order valence-electron chi connectivity index (χ4n) is 2.66. The average molecular weight is 287 g/mol. The highest BCUT2D eigenvalue weighted by Crippen LogP contribution is 2.29. The van der Waals surface area contributed by atoms with Gasteiger partial charge in [-0.15, -0.1) is 0 Å². The zero-order valence-electron chi connectivity index (χ0n) is 12.6. The van der Waals surface area contributed by atoms with Gasteiger partial charge in [0.15, 0.2) is 0 Å². The first-order valence-corrected chi connectivity index (χ1v) is 7.21. The van der Waals surface area contributed by atoms with Gasteiger partial charge in [-0.25, -0.2) is 0 Å². The molecule has 0 aliphatic carbocycles. The van der Waals surface area contributed by atoms with Crippen molar-refractivity contribution in [3.05, 3.63) is 23.8 Å². The maximum atomic E-state index is 11.0. The maximum absolute atomic E-state index is 11.0. The number of rotatable bonds is 4. The average Bonchev–Trinajstić information content (AvgIpc) is 2.52. The Morgan fingerprint density at radius 2 is 2.19 bits per heavy atom. The number of nitrogens with one attached hydrogen (secondary N) is 1. The lowest BCUT2D eigenvalue weighted by atomic mass is 9.96. The number of anilines is 1. The summed E-state index contributed by atoms with van der Waals surface area (Å²) in [4.78, 5) is 13.2. The standard InChI is InChI=1S/C16H21N3O2/c1-12(20)18-11-13-5-7-19(8-6-13)16-9-15(21-2)4-3-14(16)10-17/h3-4,9,13H,5-8,11H2,1-2H3,(H,18,20). The van der Waals surface area contributed by atoms with E-state index in [9.17, 15) is 10.1 Å². The van der Waals surface area contributed by atoms with E-state index >= 15 is 0 Å². The topological polar surface area (TPSA) is 65.4 Å². The Bertz CT molecular complexity index is 543. The van der Waals surface area contributed by atoms with Crippen LogP contribution in [0.4, 0.5) is 5.69 Å². The predicted octanol–water partition coefficient (Wildman–Crippen LogP) is 1.92. The van der Waals surface area contributed by atoms with Crippen LogP contribution in [0.15, 0.2) is 18.2 Å². The second-order valence-corrected chi connectivity index (χ2v) is 5.36. The molecule has 0 unspecified atom stereocenters. The van der Waals surface area contributed by atoms with E-state index in [0.717, 1.165) is 43.9 Å². The Morgan fingerprint density at radius 1 is 1.48 bits per heavy atom. The summed E-state index contributed by atoms with van der Waals surface area (Å²) >= 11 is 0. The molecular weight excluding hydrogens is 266 g/mol. The summed E-state index contributed by atoms with van der Waals surface area (Å²) in [7, 11) is 1.63. The quantitative estimate of drug-likeness (QED) is 0.919. The smallest absolute Gasteiger partial charge is 0.216 e. The van der Waals surface area contributed by atoms with Crippen LogP contribution in [-0.4, -0.2) is 32.7 Å². The Morgan fingerprint density at radius 3 is 2.76 bits per heavy atom. The minimum absolute atomic E-state index is 0.0250. The lowest BCUT2D eigenvalue weighted by Crippen LogP contribution is -2.38. The lowest BCUT2D eigenvalue weighted by Gasteiger charge is -2.34. The van der Waals surface area contributed by atoms with E-state index in [4.69, 9.17) is 4.74 Å². The minimum Gasteiger partial charge on any atom is -0.497 e. The molecule has 0 radical (unpaired) electrons. The van der Waals surface area contributed by atoms with Crippen molar-refractivity contribution in [2.24, 2.45) is 5.92 Å². The SMILES string of the molecule is COc1ccc(C#N)c(N2CCC(CNC(C)=O)CC2)c1. The molecule has 1 aliphatic rings. The minimum atomic E-state index is 0.0250. The molecule has 1 heterocycles. The van der Waals surface area contributed by atoms with E-state index in [1.54, 1.807) is 20.1 Å². The summed E-state index contributed by atoms with van der Waals surface area (Å²) in [5.41, 5.74) is 1.62. The first-order valence-electron chi connectivity index (χ1n) is 7.21. The van der Waals surface area contributed by atoms with Gasteiger partial charge in [-0.2, -0.15) is 5.26 Å². The van der Waals surface area contributed by atoms with Crippen molar-refractivity contribution in [2.45, 2.75) is 19.8 Å². The number of ether oxygens (including phenoxy) is 1. The molecule has 1 fully saturated rings. The summed E-state index contributed by atoms with van der Waals surface area (Å²) in [6, 6.07) is 7.78. The predicted molar refractivity (Wildman–Crippen MR) is 81.3 cm³/mol. The molecule has 0 aromatic heterocycles. The summed E-state index contributed by atoms with van der Waals surface area (Å²) in [6.07, 6.45) is 2.03. The Labute approximate surface area is 125 Å². The van der Waals surface area contributed by atoms with Crippen LogP contribution in [0.1, 0.15) is 25.3 Å². The molecule has 1 N–H and O–H groups in total. The van der Waals surface area contributed by atoms with Crippen LogP contribution in [0.5, 0.6) is 5.75 Å². The fourth-order valence-corrected chi connectivity index (χ4v) is 2.66. The van der Waals surface area contributed by atoms with Crippen LogP contribution in [0.25, 0.3) is 0 Å². The number of methoxy groups -OCH3 is 1. The molecule has 0 spiro atoms. The van der Waals surface area contributed by atoms with Crippen molar-refractivity contribution >= 4 is 11.6 Å². The van der Waals surface area contributed by atoms with Gasteiger partial charge in [-0.1, -0.05) is 0 Å². The second-order valence-electron chi connectivity index (χ2n) is 5.36. The summed E-state index contributed by atoms with van der Waals surface area (Å²) in [6.45, 7) is 4.08. The molecule has 1 aromatic rings. The number of carbonyl (C=O) groups is 1. The van der Waals surface area contributed by atoms with Crippen molar-refractivity contribution in [1.82, 2.24) is 5.32 Å². The van der Waals surface area contributed by atoms with Gasteiger partial charge in [0.1, 0.15) is 11.8 Å². The van der Waals surface area contributed by atoms with Gasteiger partial charge in [0, 0.05) is 32.6 Å². The number of benzene rings is 1. The second kappa shape index (κ2) is 6.98. The number of nitriles is 1. The van der Waals surface area contributed by atoms with Crippen LogP contribution >= 0.6 is 0 Å². The number of hydrogen-bond acceptors (Lipinski definition) is 4. The number of nitrogens with zero attached hydrogens (tertiary/aromatic N) is 2. The third kappa shape index (κ3) is 3.88. The fraction of sp³-hybridized carbons (Fsp3) is 0.500. The van der Waals surface area contributed by atoms with Crippen molar-refractivity contribution in [1.29, 1.82) is 5.26 Å². The zero-order chi connectivity index (χ0) is 15.2. The number of carbonyl (C=O) groups excluding carboxylic acids is 1. The normalized spacial score (nSPS) is 15.4. The van der Waals surface area contributed by atoms with Crippen molar-refractivity contribution in [2.75, 3.05) is 31.6 Å². The monoisotopic (exact) mass is 287 g/mol. The molecule has 2 rings (SSSR count). The zero-order valence-corrected chi connectivity index (χ0v) is 12.6. The summed E-state index contributed by atoms with van der Waals surface area (Å²) in [5, 5.41) is 12.1. The molecule has 5 heteroatoms. The third-order valence-electron chi connectivity index (χ3n) is 3.92. The van der Waals surface area contributed by atoms with E-state index in [0.29, 0.717) is 11.5 Å². The number of piperidine rings is 1. The van der Waals surface area contributed by atoms with Crippen molar-refractivity contribution in [3.8, 4) is 11.8 Å². The lowest BCUT2D eigenvalue weighted by molar-refractivity contribution is -0.119. The highest BCUT2D eigenvalue weighted by atomic mass is 16.5. The van der Waals surface area contributed by atoms with E-state index in [1.165, 1.54) is 0 Å². The largest absolute Gasteiger partial charge is 0.497 e. The third-order valence-corrected chi connectivity index (χ3v) is 3.92.